The number of aliphatic hydroxyl groups excluding tert-OH is 1. The van der Waals surface area contributed by atoms with Crippen LogP contribution < -0.4 is 4.74 Å². The van der Waals surface area contributed by atoms with Crippen LogP contribution in [0.4, 0.5) is 0 Å². The molecule has 0 aliphatic carbocycles. The molecule has 1 aromatic carbocycles. The number of nitriles is 1. The number of nitrogens with zero attached hydrogens (tertiary/aromatic N) is 1. The SMILES string of the molecule is Cc1cc([C@H](C)O)ccc1OCCC(C)(C)C#N. The van der Waals surface area contributed by atoms with Crippen molar-refractivity contribution in [1.82, 2.24) is 0 Å². The van der Waals surface area contributed by atoms with Gasteiger partial charge in [0.25, 0.3) is 0 Å². The van der Waals surface area contributed by atoms with E-state index in [0.29, 0.717) is 13.0 Å². The van der Waals surface area contributed by atoms with Crippen molar-refractivity contribution in [3.63, 3.8) is 0 Å². The van der Waals surface area contributed by atoms with E-state index in [1.54, 1.807) is 6.92 Å². The van der Waals surface area contributed by atoms with E-state index in [1.807, 2.05) is 39.0 Å². The van der Waals surface area contributed by atoms with Crippen LogP contribution in [0.5, 0.6) is 5.75 Å². The Bertz CT molecular complexity index is 444. The van der Waals surface area contributed by atoms with Gasteiger partial charge >= 0.3 is 0 Å². The number of benzene rings is 1. The third-order valence-corrected chi connectivity index (χ3v) is 2.97. The highest BCUT2D eigenvalue weighted by atomic mass is 16.5. The van der Waals surface area contributed by atoms with Crippen molar-refractivity contribution >= 4 is 0 Å². The highest BCUT2D eigenvalue weighted by Gasteiger charge is 2.16. The van der Waals surface area contributed by atoms with Gasteiger partial charge in [0.15, 0.2) is 0 Å². The zero-order valence-corrected chi connectivity index (χ0v) is 11.5. The van der Waals surface area contributed by atoms with Crippen molar-refractivity contribution in [3.8, 4) is 11.8 Å². The topological polar surface area (TPSA) is 53.2 Å². The average molecular weight is 247 g/mol. The van der Waals surface area contributed by atoms with E-state index < -0.39 is 6.10 Å². The Morgan fingerprint density at radius 3 is 2.61 bits per heavy atom. The molecule has 3 heteroatoms. The molecule has 1 aromatic rings. The minimum atomic E-state index is -0.463. The van der Waals surface area contributed by atoms with Crippen LogP contribution in [0.1, 0.15) is 44.4 Å². The average Bonchev–Trinajstić information content (AvgIpc) is 2.31. The molecular weight excluding hydrogens is 226 g/mol. The molecule has 0 spiro atoms. The van der Waals surface area contributed by atoms with Gasteiger partial charge in [0.05, 0.1) is 24.2 Å². The summed E-state index contributed by atoms with van der Waals surface area (Å²) in [6, 6.07) is 7.91. The van der Waals surface area contributed by atoms with Crippen LogP contribution in [0.2, 0.25) is 0 Å². The van der Waals surface area contributed by atoms with E-state index >= 15 is 0 Å². The van der Waals surface area contributed by atoms with Crippen molar-refractivity contribution in [2.45, 2.75) is 40.2 Å². The molecule has 98 valence electrons. The fourth-order valence-corrected chi connectivity index (χ4v) is 1.57. The molecular formula is C15H21NO2. The van der Waals surface area contributed by atoms with Gasteiger partial charge in [0.1, 0.15) is 5.75 Å². The Kier molecular flexibility index (Phi) is 4.75. The molecule has 18 heavy (non-hydrogen) atoms. The Morgan fingerprint density at radius 1 is 1.44 bits per heavy atom. The molecule has 0 aromatic heterocycles. The fourth-order valence-electron chi connectivity index (χ4n) is 1.57. The number of aliphatic hydroxyl groups is 1. The van der Waals surface area contributed by atoms with E-state index in [9.17, 15) is 5.11 Å². The summed E-state index contributed by atoms with van der Waals surface area (Å²) in [5.74, 6) is 0.813. The Hall–Kier alpha value is -1.53. The number of hydrogen-bond acceptors (Lipinski definition) is 3. The van der Waals surface area contributed by atoms with Crippen molar-refractivity contribution in [2.24, 2.45) is 5.41 Å². The highest BCUT2D eigenvalue weighted by Crippen LogP contribution is 2.24. The van der Waals surface area contributed by atoms with Crippen LogP contribution in [-0.2, 0) is 0 Å². The normalized spacial score (nSPS) is 12.9. The van der Waals surface area contributed by atoms with Crippen LogP contribution in [-0.4, -0.2) is 11.7 Å². The zero-order chi connectivity index (χ0) is 13.8. The number of hydrogen-bond donors (Lipinski definition) is 1. The second-order valence-corrected chi connectivity index (χ2v) is 5.30. The quantitative estimate of drug-likeness (QED) is 0.868. The first kappa shape index (κ1) is 14.5. The van der Waals surface area contributed by atoms with Crippen molar-refractivity contribution in [1.29, 1.82) is 5.26 Å². The van der Waals surface area contributed by atoms with Gasteiger partial charge in [-0.1, -0.05) is 6.07 Å². The summed E-state index contributed by atoms with van der Waals surface area (Å²) in [5, 5.41) is 18.4. The lowest BCUT2D eigenvalue weighted by atomic mass is 9.92. The Labute approximate surface area is 109 Å². The predicted molar refractivity (Wildman–Crippen MR) is 71.3 cm³/mol. The first-order chi connectivity index (χ1) is 8.35. The molecule has 3 nitrogen and oxygen atoms in total. The minimum Gasteiger partial charge on any atom is -0.493 e. The summed E-state index contributed by atoms with van der Waals surface area (Å²) in [6.07, 6.45) is 0.233. The van der Waals surface area contributed by atoms with Gasteiger partial charge in [-0.3, -0.25) is 0 Å². The lowest BCUT2D eigenvalue weighted by molar-refractivity contribution is 0.199. The van der Waals surface area contributed by atoms with E-state index in [4.69, 9.17) is 10.00 Å². The van der Waals surface area contributed by atoms with Crippen LogP contribution in [0.25, 0.3) is 0 Å². The van der Waals surface area contributed by atoms with E-state index in [1.165, 1.54) is 0 Å². The number of rotatable bonds is 5. The maximum Gasteiger partial charge on any atom is 0.122 e. The smallest absolute Gasteiger partial charge is 0.122 e. The molecule has 0 radical (unpaired) electrons. The summed E-state index contributed by atoms with van der Waals surface area (Å²) < 4.78 is 5.68. The van der Waals surface area contributed by atoms with Gasteiger partial charge in [-0.05, 0) is 57.4 Å². The van der Waals surface area contributed by atoms with Gasteiger partial charge < -0.3 is 9.84 Å². The van der Waals surface area contributed by atoms with Gasteiger partial charge in [0.2, 0.25) is 0 Å². The molecule has 0 heterocycles. The van der Waals surface area contributed by atoms with Crippen LogP contribution in [0.15, 0.2) is 18.2 Å². The van der Waals surface area contributed by atoms with Crippen LogP contribution >= 0.6 is 0 Å². The summed E-state index contributed by atoms with van der Waals surface area (Å²) in [4.78, 5) is 0. The maximum atomic E-state index is 9.48. The predicted octanol–water partition coefficient (Wildman–Crippen LogP) is 3.37. The zero-order valence-electron chi connectivity index (χ0n) is 11.5. The molecule has 0 aliphatic rings. The van der Waals surface area contributed by atoms with Crippen molar-refractivity contribution in [2.75, 3.05) is 6.61 Å². The van der Waals surface area contributed by atoms with Gasteiger partial charge in [-0.2, -0.15) is 5.26 Å². The maximum absolute atomic E-state index is 9.48. The summed E-state index contributed by atoms with van der Waals surface area (Å²) in [5.41, 5.74) is 1.54. The molecule has 1 N–H and O–H groups in total. The van der Waals surface area contributed by atoms with Gasteiger partial charge in [-0.15, -0.1) is 0 Å². The molecule has 1 rings (SSSR count). The standard InChI is InChI=1S/C15H21NO2/c1-11-9-13(12(2)17)5-6-14(11)18-8-7-15(3,4)10-16/h5-6,9,12,17H,7-8H2,1-4H3/t12-/m0/s1. The first-order valence-electron chi connectivity index (χ1n) is 6.18. The molecule has 1 atom stereocenters. The molecule has 0 saturated carbocycles. The van der Waals surface area contributed by atoms with Crippen molar-refractivity contribution < 1.29 is 9.84 Å². The Morgan fingerprint density at radius 2 is 2.11 bits per heavy atom. The van der Waals surface area contributed by atoms with Crippen LogP contribution in [0.3, 0.4) is 0 Å². The number of ether oxygens (including phenoxy) is 1. The largest absolute Gasteiger partial charge is 0.493 e. The first-order valence-corrected chi connectivity index (χ1v) is 6.18. The minimum absolute atomic E-state index is 0.354. The lowest BCUT2D eigenvalue weighted by Gasteiger charge is -2.16. The molecule has 0 fully saturated rings. The van der Waals surface area contributed by atoms with E-state index in [2.05, 4.69) is 6.07 Å². The molecule has 0 aliphatic heterocycles. The fraction of sp³-hybridized carbons (Fsp3) is 0.533. The lowest BCUT2D eigenvalue weighted by Crippen LogP contribution is -2.13. The summed E-state index contributed by atoms with van der Waals surface area (Å²) in [6.45, 7) is 8.02. The van der Waals surface area contributed by atoms with Crippen molar-refractivity contribution in [3.05, 3.63) is 29.3 Å². The van der Waals surface area contributed by atoms with Gasteiger partial charge in [-0.25, -0.2) is 0 Å². The van der Waals surface area contributed by atoms with Crippen LogP contribution in [0, 0.1) is 23.7 Å². The molecule has 0 amide bonds. The molecule has 0 unspecified atom stereocenters. The third-order valence-electron chi connectivity index (χ3n) is 2.97. The monoisotopic (exact) mass is 247 g/mol. The third kappa shape index (κ3) is 4.05. The summed E-state index contributed by atoms with van der Waals surface area (Å²) >= 11 is 0. The number of aryl methyl sites for hydroxylation is 1. The van der Waals surface area contributed by atoms with E-state index in [0.717, 1.165) is 16.9 Å². The molecule has 0 bridgehead atoms. The molecule has 0 saturated heterocycles. The highest BCUT2D eigenvalue weighted by molar-refractivity contribution is 5.36. The second-order valence-electron chi connectivity index (χ2n) is 5.30. The summed E-state index contributed by atoms with van der Waals surface area (Å²) in [7, 11) is 0. The van der Waals surface area contributed by atoms with E-state index in [-0.39, 0.29) is 5.41 Å². The second kappa shape index (κ2) is 5.88. The van der Waals surface area contributed by atoms with Gasteiger partial charge in [0, 0.05) is 0 Å². The Balaban J connectivity index is 2.62.